The maximum atomic E-state index is 10.4. The molecule has 1 N–H and O–H groups in total. The molecule has 6 heteroatoms. The average molecular weight is 177 g/mol. The second-order valence-electron chi connectivity index (χ2n) is 1.74. The summed E-state index contributed by atoms with van der Waals surface area (Å²) in [6.07, 6.45) is 0. The normalized spacial score (nSPS) is 7.50. The Labute approximate surface area is 69.6 Å². The van der Waals surface area contributed by atoms with Gasteiger partial charge in [-0.1, -0.05) is 6.58 Å². The first-order chi connectivity index (χ1) is 5.41. The van der Waals surface area contributed by atoms with Crippen molar-refractivity contribution in [2.45, 2.75) is 13.8 Å². The van der Waals surface area contributed by atoms with Gasteiger partial charge in [-0.15, -0.1) is 10.1 Å². The first-order valence-corrected chi connectivity index (χ1v) is 3.07. The van der Waals surface area contributed by atoms with Crippen LogP contribution < -0.4 is 0 Å². The molecule has 70 valence electrons. The summed E-state index contributed by atoms with van der Waals surface area (Å²) < 4.78 is 4.56. The van der Waals surface area contributed by atoms with E-state index in [0.717, 1.165) is 0 Å². The summed E-state index contributed by atoms with van der Waals surface area (Å²) in [5, 5.41) is 13.6. The predicted molar refractivity (Wildman–Crippen MR) is 40.2 cm³/mol. The molecule has 0 aliphatic rings. The van der Waals surface area contributed by atoms with Crippen molar-refractivity contribution >= 4 is 5.97 Å². The van der Waals surface area contributed by atoms with Crippen molar-refractivity contribution in [3.05, 3.63) is 22.3 Å². The van der Waals surface area contributed by atoms with E-state index in [0.29, 0.717) is 12.2 Å². The van der Waals surface area contributed by atoms with Gasteiger partial charge in [0.25, 0.3) is 5.09 Å². The molecule has 0 saturated heterocycles. The number of nitrogens with zero attached hydrogens (tertiary/aromatic N) is 1. The molecule has 12 heavy (non-hydrogen) atoms. The van der Waals surface area contributed by atoms with Crippen LogP contribution in [0.1, 0.15) is 13.8 Å². The van der Waals surface area contributed by atoms with Crippen LogP contribution in [0.2, 0.25) is 0 Å². The van der Waals surface area contributed by atoms with Crippen LogP contribution in [0.4, 0.5) is 0 Å². The zero-order chi connectivity index (χ0) is 10.1. The molecule has 0 aromatic carbocycles. The van der Waals surface area contributed by atoms with E-state index in [1.807, 2.05) is 0 Å². The number of carbonyl (C=O) groups is 1. The number of hydrogen-bond acceptors (Lipinski definition) is 4. The summed E-state index contributed by atoms with van der Waals surface area (Å²) >= 11 is 0. The quantitative estimate of drug-likeness (QED) is 0.291. The van der Waals surface area contributed by atoms with E-state index in [1.54, 1.807) is 13.8 Å². The first-order valence-electron chi connectivity index (χ1n) is 3.07. The van der Waals surface area contributed by atoms with Gasteiger partial charge >= 0.3 is 5.97 Å². The highest BCUT2D eigenvalue weighted by molar-refractivity contribution is 5.86. The highest BCUT2D eigenvalue weighted by atomic mass is 16.9. The minimum atomic E-state index is -1.50. The largest absolute Gasteiger partial charge is 0.463 e. The van der Waals surface area contributed by atoms with E-state index in [9.17, 15) is 4.79 Å². The van der Waals surface area contributed by atoms with Gasteiger partial charge in [-0.25, -0.2) is 4.79 Å². The van der Waals surface area contributed by atoms with Crippen LogP contribution in [-0.2, 0) is 9.53 Å². The maximum Gasteiger partial charge on any atom is 0.333 e. The molecular weight excluding hydrogens is 166 g/mol. The Hall–Kier alpha value is -1.59. The molecule has 0 aliphatic heterocycles. The molecule has 0 bridgehead atoms. The fourth-order valence-corrected chi connectivity index (χ4v) is 0.254. The zero-order valence-corrected chi connectivity index (χ0v) is 6.94. The molecule has 0 fully saturated rings. The van der Waals surface area contributed by atoms with Crippen LogP contribution in [0.3, 0.4) is 0 Å². The second kappa shape index (κ2) is 7.52. The lowest BCUT2D eigenvalue weighted by Crippen LogP contribution is -2.03. The molecule has 0 aromatic rings. The standard InChI is InChI=1S/C6H10O2.HNO3/c1-4-8-6(7)5(2)3;2-1(3)4/h2,4H2,1,3H3;(H,2,3,4). The summed E-state index contributed by atoms with van der Waals surface area (Å²) in [6.45, 7) is 7.21. The minimum absolute atomic E-state index is 0.312. The Morgan fingerprint density at radius 1 is 1.75 bits per heavy atom. The number of rotatable bonds is 2. The van der Waals surface area contributed by atoms with Crippen molar-refractivity contribution in [2.75, 3.05) is 6.61 Å². The van der Waals surface area contributed by atoms with Crippen LogP contribution in [0, 0.1) is 10.1 Å². The summed E-state index contributed by atoms with van der Waals surface area (Å²) in [6, 6.07) is 0. The van der Waals surface area contributed by atoms with Gasteiger partial charge in [0.05, 0.1) is 6.61 Å². The molecule has 0 spiro atoms. The van der Waals surface area contributed by atoms with E-state index in [-0.39, 0.29) is 5.97 Å². The van der Waals surface area contributed by atoms with E-state index < -0.39 is 5.09 Å². The number of esters is 1. The van der Waals surface area contributed by atoms with Gasteiger partial charge in [0.2, 0.25) is 0 Å². The lowest BCUT2D eigenvalue weighted by molar-refractivity contribution is -0.742. The van der Waals surface area contributed by atoms with E-state index in [2.05, 4.69) is 11.3 Å². The van der Waals surface area contributed by atoms with Crippen LogP contribution in [-0.4, -0.2) is 22.9 Å². The van der Waals surface area contributed by atoms with Crippen LogP contribution in [0.25, 0.3) is 0 Å². The first kappa shape index (κ1) is 13.0. The van der Waals surface area contributed by atoms with Gasteiger partial charge < -0.3 is 9.94 Å². The summed E-state index contributed by atoms with van der Waals surface area (Å²) in [5.41, 5.74) is 0.451. The zero-order valence-electron chi connectivity index (χ0n) is 6.94. The molecule has 0 saturated carbocycles. The molecule has 0 aromatic heterocycles. The second-order valence-corrected chi connectivity index (χ2v) is 1.74. The summed E-state index contributed by atoms with van der Waals surface area (Å²) in [4.78, 5) is 18.8. The van der Waals surface area contributed by atoms with Crippen LogP contribution in [0.15, 0.2) is 12.2 Å². The maximum absolute atomic E-state index is 10.4. The van der Waals surface area contributed by atoms with Crippen molar-refractivity contribution in [3.8, 4) is 0 Å². The van der Waals surface area contributed by atoms with Crippen LogP contribution in [0.5, 0.6) is 0 Å². The van der Waals surface area contributed by atoms with Gasteiger partial charge in [-0.2, -0.15) is 0 Å². The third kappa shape index (κ3) is 15.8. The molecule has 6 nitrogen and oxygen atoms in total. The van der Waals surface area contributed by atoms with Crippen molar-refractivity contribution in [1.29, 1.82) is 0 Å². The highest BCUT2D eigenvalue weighted by Gasteiger charge is 1.98. The number of ether oxygens (including phenoxy) is 1. The van der Waals surface area contributed by atoms with Crippen LogP contribution >= 0.6 is 0 Å². The Morgan fingerprint density at radius 3 is 2.17 bits per heavy atom. The number of carbonyl (C=O) groups excluding carboxylic acids is 1. The smallest absolute Gasteiger partial charge is 0.333 e. The minimum Gasteiger partial charge on any atom is -0.463 e. The molecule has 0 radical (unpaired) electrons. The molecule has 0 heterocycles. The topological polar surface area (TPSA) is 89.7 Å². The third-order valence-electron chi connectivity index (χ3n) is 0.624. The van der Waals surface area contributed by atoms with Crippen molar-refractivity contribution in [1.82, 2.24) is 0 Å². The van der Waals surface area contributed by atoms with Crippen molar-refractivity contribution < 1.29 is 19.8 Å². The Morgan fingerprint density at radius 2 is 2.08 bits per heavy atom. The highest BCUT2D eigenvalue weighted by Crippen LogP contribution is 1.89. The lowest BCUT2D eigenvalue weighted by atomic mass is 10.4. The molecule has 0 unspecified atom stereocenters. The summed E-state index contributed by atoms with van der Waals surface area (Å²) in [5.74, 6) is -0.312. The SMILES string of the molecule is C=C(C)C(=O)OCC.O=[N+]([O-])O. The number of hydrogen-bond donors (Lipinski definition) is 1. The molecule has 0 rings (SSSR count). The Balaban J connectivity index is 0. The monoisotopic (exact) mass is 177 g/mol. The molecular formula is C6H11NO5. The van der Waals surface area contributed by atoms with Gasteiger partial charge in [-0.3, -0.25) is 0 Å². The molecule has 0 amide bonds. The van der Waals surface area contributed by atoms with E-state index in [1.165, 1.54) is 0 Å². The fourth-order valence-electron chi connectivity index (χ4n) is 0.254. The lowest BCUT2D eigenvalue weighted by Gasteiger charge is -1.96. The third-order valence-corrected chi connectivity index (χ3v) is 0.624. The van der Waals surface area contributed by atoms with Gasteiger partial charge in [0, 0.05) is 5.57 Å². The molecule has 0 atom stereocenters. The van der Waals surface area contributed by atoms with E-state index >= 15 is 0 Å². The van der Waals surface area contributed by atoms with E-state index in [4.69, 9.17) is 15.3 Å². The van der Waals surface area contributed by atoms with Crippen molar-refractivity contribution in [3.63, 3.8) is 0 Å². The van der Waals surface area contributed by atoms with Gasteiger partial charge in [0.1, 0.15) is 0 Å². The van der Waals surface area contributed by atoms with Crippen molar-refractivity contribution in [2.24, 2.45) is 0 Å². The average Bonchev–Trinajstić information content (AvgIpc) is 1.86. The predicted octanol–water partition coefficient (Wildman–Crippen LogP) is 0.778. The Bertz CT molecular complexity index is 173. The Kier molecular flexibility index (Phi) is 8.16. The van der Waals surface area contributed by atoms with Gasteiger partial charge in [-0.05, 0) is 13.8 Å². The molecule has 0 aliphatic carbocycles. The van der Waals surface area contributed by atoms with Gasteiger partial charge in [0.15, 0.2) is 0 Å². The summed E-state index contributed by atoms with van der Waals surface area (Å²) in [7, 11) is 0. The fraction of sp³-hybridized carbons (Fsp3) is 0.500.